The molecule has 1 saturated heterocycles. The number of unbranched alkanes of at least 4 members (excludes halogenated alkanes) is 1. The quantitative estimate of drug-likeness (QED) is 0.463. The van der Waals surface area contributed by atoms with E-state index in [1.165, 1.54) is 0 Å². The molecule has 1 fully saturated rings. The number of amides is 1. The lowest BCUT2D eigenvalue weighted by Crippen LogP contribution is -2.46. The molecular formula is C17H31N5O. The number of nitriles is 1. The van der Waals surface area contributed by atoms with E-state index in [-0.39, 0.29) is 11.5 Å². The summed E-state index contributed by atoms with van der Waals surface area (Å²) in [6.45, 7) is 11.5. The van der Waals surface area contributed by atoms with Gasteiger partial charge in [-0.1, -0.05) is 20.3 Å². The van der Waals surface area contributed by atoms with Gasteiger partial charge in [0.2, 0.25) is 0 Å². The van der Waals surface area contributed by atoms with Gasteiger partial charge in [0, 0.05) is 58.6 Å². The molecule has 6 heteroatoms. The van der Waals surface area contributed by atoms with E-state index in [1.54, 1.807) is 6.20 Å². The third-order valence-corrected chi connectivity index (χ3v) is 3.91. The summed E-state index contributed by atoms with van der Waals surface area (Å²) in [5, 5.41) is 15.4. The van der Waals surface area contributed by atoms with Crippen LogP contribution in [0.1, 0.15) is 33.1 Å². The van der Waals surface area contributed by atoms with E-state index >= 15 is 0 Å². The number of piperazine rings is 1. The van der Waals surface area contributed by atoms with Crippen molar-refractivity contribution < 1.29 is 4.79 Å². The lowest BCUT2D eigenvalue weighted by molar-refractivity contribution is -0.117. The Bertz CT molecular complexity index is 410. The van der Waals surface area contributed by atoms with Gasteiger partial charge in [-0.2, -0.15) is 5.26 Å². The molecule has 0 unspecified atom stereocenters. The number of carbonyl (C=O) groups is 1. The first-order valence-electron chi connectivity index (χ1n) is 8.78. The van der Waals surface area contributed by atoms with Gasteiger partial charge in [-0.3, -0.25) is 9.69 Å². The normalized spacial score (nSPS) is 16.0. The van der Waals surface area contributed by atoms with Crippen molar-refractivity contribution in [2.75, 3.05) is 52.4 Å². The zero-order valence-corrected chi connectivity index (χ0v) is 14.6. The van der Waals surface area contributed by atoms with E-state index < -0.39 is 0 Å². The molecule has 0 aliphatic carbocycles. The molecule has 1 amide bonds. The van der Waals surface area contributed by atoms with Crippen molar-refractivity contribution in [2.45, 2.75) is 33.1 Å². The molecule has 6 nitrogen and oxygen atoms in total. The van der Waals surface area contributed by atoms with Crippen molar-refractivity contribution in [3.05, 3.63) is 11.8 Å². The zero-order chi connectivity index (χ0) is 16.9. The van der Waals surface area contributed by atoms with Crippen LogP contribution in [-0.4, -0.2) is 68.1 Å². The minimum atomic E-state index is -0.264. The summed E-state index contributed by atoms with van der Waals surface area (Å²) in [5.41, 5.74) is 0.204. The maximum atomic E-state index is 12.2. The van der Waals surface area contributed by atoms with Crippen LogP contribution in [0.5, 0.6) is 0 Å². The van der Waals surface area contributed by atoms with Crippen LogP contribution in [-0.2, 0) is 4.79 Å². The Morgan fingerprint density at radius 3 is 2.65 bits per heavy atom. The lowest BCUT2D eigenvalue weighted by Gasteiger charge is -2.27. The number of hydrogen-bond donors (Lipinski definition) is 2. The molecular weight excluding hydrogens is 290 g/mol. The highest BCUT2D eigenvalue weighted by atomic mass is 16.1. The Labute approximate surface area is 140 Å². The lowest BCUT2D eigenvalue weighted by atomic mass is 10.2. The molecule has 0 aromatic rings. The van der Waals surface area contributed by atoms with Crippen LogP contribution in [0, 0.1) is 11.3 Å². The Hall–Kier alpha value is -1.58. The number of rotatable bonds is 10. The first-order chi connectivity index (χ1) is 11.2. The van der Waals surface area contributed by atoms with Crippen molar-refractivity contribution >= 4 is 5.91 Å². The molecule has 1 aliphatic rings. The van der Waals surface area contributed by atoms with Crippen LogP contribution < -0.4 is 10.6 Å². The number of nitrogens with zero attached hydrogens (tertiary/aromatic N) is 3. The standard InChI is InChI=1S/C17H31N5O/c1-3-5-10-22(9-4-2)15-16(14-18)17(23)20-8-13-21-11-6-19-7-12-21/h15,19H,3-13H2,1-2H3,(H,20,23)/b16-15-. The molecule has 0 spiro atoms. The van der Waals surface area contributed by atoms with Crippen molar-refractivity contribution in [3.63, 3.8) is 0 Å². The number of carbonyl (C=O) groups excluding carboxylic acids is 1. The van der Waals surface area contributed by atoms with E-state index in [0.29, 0.717) is 6.54 Å². The van der Waals surface area contributed by atoms with Gasteiger partial charge in [0.1, 0.15) is 11.6 Å². The third kappa shape index (κ3) is 8.00. The SMILES string of the molecule is CCCCN(/C=C(/C#N)C(=O)NCCN1CCNCC1)CCC. The van der Waals surface area contributed by atoms with Crippen molar-refractivity contribution in [1.82, 2.24) is 20.4 Å². The molecule has 2 N–H and O–H groups in total. The molecule has 0 atom stereocenters. The highest BCUT2D eigenvalue weighted by Gasteiger charge is 2.13. The Morgan fingerprint density at radius 1 is 1.30 bits per heavy atom. The summed E-state index contributed by atoms with van der Waals surface area (Å²) < 4.78 is 0. The number of nitrogens with one attached hydrogen (secondary N) is 2. The fourth-order valence-electron chi connectivity index (χ4n) is 2.57. The second-order valence-electron chi connectivity index (χ2n) is 5.89. The second-order valence-corrected chi connectivity index (χ2v) is 5.89. The molecule has 1 aliphatic heterocycles. The van der Waals surface area contributed by atoms with Gasteiger partial charge in [-0.05, 0) is 12.8 Å². The molecule has 0 radical (unpaired) electrons. The van der Waals surface area contributed by atoms with Gasteiger partial charge < -0.3 is 15.5 Å². The van der Waals surface area contributed by atoms with Crippen LogP contribution in [0.2, 0.25) is 0 Å². The minimum Gasteiger partial charge on any atom is -0.376 e. The molecule has 0 aromatic carbocycles. The van der Waals surface area contributed by atoms with Gasteiger partial charge in [-0.15, -0.1) is 0 Å². The highest BCUT2D eigenvalue weighted by molar-refractivity contribution is 5.97. The predicted octanol–water partition coefficient (Wildman–Crippen LogP) is 0.927. The molecule has 0 aromatic heterocycles. The van der Waals surface area contributed by atoms with E-state index in [0.717, 1.165) is 65.1 Å². The fourth-order valence-corrected chi connectivity index (χ4v) is 2.57. The maximum Gasteiger partial charge on any atom is 0.263 e. The third-order valence-electron chi connectivity index (χ3n) is 3.91. The Morgan fingerprint density at radius 2 is 2.04 bits per heavy atom. The zero-order valence-electron chi connectivity index (χ0n) is 14.6. The minimum absolute atomic E-state index is 0.204. The summed E-state index contributed by atoms with van der Waals surface area (Å²) in [5.74, 6) is -0.264. The average molecular weight is 321 g/mol. The Balaban J connectivity index is 2.44. The average Bonchev–Trinajstić information content (AvgIpc) is 2.58. The van der Waals surface area contributed by atoms with Crippen LogP contribution in [0.3, 0.4) is 0 Å². The predicted molar refractivity (Wildman–Crippen MR) is 92.8 cm³/mol. The maximum absolute atomic E-state index is 12.2. The van der Waals surface area contributed by atoms with E-state index in [4.69, 9.17) is 0 Å². The Kier molecular flexibility index (Phi) is 10.1. The van der Waals surface area contributed by atoms with Crippen LogP contribution in [0.25, 0.3) is 0 Å². The summed E-state index contributed by atoms with van der Waals surface area (Å²) in [4.78, 5) is 16.6. The first kappa shape index (κ1) is 19.5. The highest BCUT2D eigenvalue weighted by Crippen LogP contribution is 2.03. The smallest absolute Gasteiger partial charge is 0.263 e. The molecule has 130 valence electrons. The van der Waals surface area contributed by atoms with Crippen molar-refractivity contribution in [1.29, 1.82) is 5.26 Å². The molecule has 23 heavy (non-hydrogen) atoms. The monoisotopic (exact) mass is 321 g/mol. The van der Waals surface area contributed by atoms with Gasteiger partial charge in [0.25, 0.3) is 5.91 Å². The topological polar surface area (TPSA) is 71.4 Å². The van der Waals surface area contributed by atoms with Gasteiger partial charge >= 0.3 is 0 Å². The van der Waals surface area contributed by atoms with E-state index in [9.17, 15) is 10.1 Å². The molecule has 0 saturated carbocycles. The van der Waals surface area contributed by atoms with Crippen LogP contribution in [0.4, 0.5) is 0 Å². The van der Waals surface area contributed by atoms with E-state index in [2.05, 4.69) is 34.3 Å². The fraction of sp³-hybridized carbons (Fsp3) is 0.765. The number of hydrogen-bond acceptors (Lipinski definition) is 5. The summed E-state index contributed by atoms with van der Waals surface area (Å²) in [6.07, 6.45) is 4.90. The van der Waals surface area contributed by atoms with E-state index in [1.807, 2.05) is 6.07 Å². The summed E-state index contributed by atoms with van der Waals surface area (Å²) in [7, 11) is 0. The summed E-state index contributed by atoms with van der Waals surface area (Å²) >= 11 is 0. The van der Waals surface area contributed by atoms with Crippen molar-refractivity contribution in [3.8, 4) is 6.07 Å². The second kappa shape index (κ2) is 11.9. The van der Waals surface area contributed by atoms with Gasteiger partial charge in [0.05, 0.1) is 0 Å². The first-order valence-corrected chi connectivity index (χ1v) is 8.78. The van der Waals surface area contributed by atoms with Crippen molar-refractivity contribution in [2.24, 2.45) is 0 Å². The van der Waals surface area contributed by atoms with Crippen LogP contribution in [0.15, 0.2) is 11.8 Å². The molecule has 1 heterocycles. The largest absolute Gasteiger partial charge is 0.376 e. The molecule has 0 bridgehead atoms. The summed E-state index contributed by atoms with van der Waals surface area (Å²) in [6, 6.07) is 2.04. The molecule has 1 rings (SSSR count). The van der Waals surface area contributed by atoms with Gasteiger partial charge in [0.15, 0.2) is 0 Å². The van der Waals surface area contributed by atoms with Gasteiger partial charge in [-0.25, -0.2) is 0 Å². The van der Waals surface area contributed by atoms with Crippen LogP contribution >= 0.6 is 0 Å².